The zero-order valence-electron chi connectivity index (χ0n) is 11.6. The number of pyridine rings is 1. The highest BCUT2D eigenvalue weighted by Crippen LogP contribution is 2.20. The Kier molecular flexibility index (Phi) is 4.75. The Bertz CT molecular complexity index is 656. The van der Waals surface area contributed by atoms with Crippen LogP contribution in [0.3, 0.4) is 0 Å². The van der Waals surface area contributed by atoms with Crippen LogP contribution in [0.1, 0.15) is 21.6 Å². The van der Waals surface area contributed by atoms with Crippen molar-refractivity contribution in [2.75, 3.05) is 7.11 Å². The van der Waals surface area contributed by atoms with Gasteiger partial charge in [0, 0.05) is 22.8 Å². The van der Waals surface area contributed by atoms with Gasteiger partial charge in [-0.05, 0) is 25.1 Å². The summed E-state index contributed by atoms with van der Waals surface area (Å²) in [6, 6.07) is 5.99. The van der Waals surface area contributed by atoms with Crippen LogP contribution < -0.4 is 10.1 Å². The Morgan fingerprint density at radius 3 is 2.90 bits per heavy atom. The summed E-state index contributed by atoms with van der Waals surface area (Å²) in [6.45, 7) is 1.76. The normalized spacial score (nSPS) is 10.3. The highest BCUT2D eigenvalue weighted by molar-refractivity contribution is 6.31. The molecule has 4 nitrogen and oxygen atoms in total. The number of hydrogen-bond donors (Lipinski definition) is 1. The van der Waals surface area contributed by atoms with Crippen molar-refractivity contribution < 1.29 is 13.9 Å². The summed E-state index contributed by atoms with van der Waals surface area (Å²) in [4.78, 5) is 16.2. The van der Waals surface area contributed by atoms with Crippen LogP contribution in [-0.2, 0) is 6.54 Å². The fraction of sp³-hybridized carbons (Fsp3) is 0.200. The summed E-state index contributed by atoms with van der Waals surface area (Å²) in [5.74, 6) is -0.477. The van der Waals surface area contributed by atoms with Gasteiger partial charge in [-0.1, -0.05) is 17.7 Å². The predicted octanol–water partition coefficient (Wildman–Crippen LogP) is 3.12. The van der Waals surface area contributed by atoms with Gasteiger partial charge in [0.15, 0.2) is 0 Å². The van der Waals surface area contributed by atoms with Crippen molar-refractivity contribution >= 4 is 17.5 Å². The van der Waals surface area contributed by atoms with Gasteiger partial charge in [-0.15, -0.1) is 0 Å². The third-order valence-electron chi connectivity index (χ3n) is 2.96. The maximum absolute atomic E-state index is 13.6. The lowest BCUT2D eigenvalue weighted by Crippen LogP contribution is -2.24. The Balaban J connectivity index is 2.17. The van der Waals surface area contributed by atoms with E-state index in [0.29, 0.717) is 17.0 Å². The number of aryl methyl sites for hydroxylation is 1. The summed E-state index contributed by atoms with van der Waals surface area (Å²) >= 11 is 5.92. The standard InChI is InChI=1S/C15H14ClFN2O2/c1-9-6-10(14(21-2)8-18-9)15(20)19-7-11-12(16)4-3-5-13(11)17/h3-6,8H,7H2,1-2H3,(H,19,20). The average Bonchev–Trinajstić information content (AvgIpc) is 2.46. The fourth-order valence-corrected chi connectivity index (χ4v) is 2.08. The molecule has 21 heavy (non-hydrogen) atoms. The Morgan fingerprint density at radius 2 is 2.24 bits per heavy atom. The number of amides is 1. The van der Waals surface area contributed by atoms with E-state index in [1.54, 1.807) is 19.1 Å². The molecule has 0 radical (unpaired) electrons. The van der Waals surface area contributed by atoms with E-state index >= 15 is 0 Å². The second-order valence-corrected chi connectivity index (χ2v) is 4.82. The number of benzene rings is 1. The van der Waals surface area contributed by atoms with Crippen molar-refractivity contribution in [2.45, 2.75) is 13.5 Å². The molecule has 0 bridgehead atoms. The minimum Gasteiger partial charge on any atom is -0.494 e. The molecular formula is C15H14ClFN2O2. The summed E-state index contributed by atoms with van der Waals surface area (Å²) in [5.41, 5.74) is 1.28. The number of halogens is 2. The van der Waals surface area contributed by atoms with Crippen molar-refractivity contribution in [3.05, 3.63) is 58.1 Å². The van der Waals surface area contributed by atoms with E-state index in [4.69, 9.17) is 16.3 Å². The first-order chi connectivity index (χ1) is 10.0. The molecule has 1 amide bonds. The molecule has 2 aromatic rings. The van der Waals surface area contributed by atoms with Crippen LogP contribution in [-0.4, -0.2) is 18.0 Å². The van der Waals surface area contributed by atoms with E-state index in [2.05, 4.69) is 10.3 Å². The summed E-state index contributed by atoms with van der Waals surface area (Å²) < 4.78 is 18.7. The number of nitrogens with zero attached hydrogens (tertiary/aromatic N) is 1. The third kappa shape index (κ3) is 3.49. The first kappa shape index (κ1) is 15.3. The Labute approximate surface area is 126 Å². The highest BCUT2D eigenvalue weighted by atomic mass is 35.5. The Hall–Kier alpha value is -2.14. The number of hydrogen-bond acceptors (Lipinski definition) is 3. The topological polar surface area (TPSA) is 51.2 Å². The van der Waals surface area contributed by atoms with Crippen LogP contribution in [0.15, 0.2) is 30.5 Å². The van der Waals surface area contributed by atoms with E-state index in [9.17, 15) is 9.18 Å². The van der Waals surface area contributed by atoms with Gasteiger partial charge in [0.05, 0.1) is 18.9 Å². The predicted molar refractivity (Wildman–Crippen MR) is 78.1 cm³/mol. The molecule has 2 rings (SSSR count). The van der Waals surface area contributed by atoms with Crippen molar-refractivity contribution in [1.82, 2.24) is 10.3 Å². The lowest BCUT2D eigenvalue weighted by molar-refractivity contribution is 0.0947. The zero-order chi connectivity index (χ0) is 15.4. The maximum atomic E-state index is 13.6. The number of aromatic nitrogens is 1. The second-order valence-electron chi connectivity index (χ2n) is 4.41. The molecule has 0 aliphatic rings. The third-order valence-corrected chi connectivity index (χ3v) is 3.31. The van der Waals surface area contributed by atoms with Gasteiger partial charge >= 0.3 is 0 Å². The molecule has 110 valence electrons. The molecule has 0 saturated carbocycles. The van der Waals surface area contributed by atoms with Crippen LogP contribution in [0.4, 0.5) is 4.39 Å². The maximum Gasteiger partial charge on any atom is 0.255 e. The minimum atomic E-state index is -0.458. The summed E-state index contributed by atoms with van der Waals surface area (Å²) in [5, 5.41) is 2.90. The van der Waals surface area contributed by atoms with Gasteiger partial charge in [0.25, 0.3) is 5.91 Å². The fourth-order valence-electron chi connectivity index (χ4n) is 1.85. The van der Waals surface area contributed by atoms with Crippen molar-refractivity contribution in [3.63, 3.8) is 0 Å². The Morgan fingerprint density at radius 1 is 1.48 bits per heavy atom. The second kappa shape index (κ2) is 6.54. The molecule has 0 aliphatic carbocycles. The number of methoxy groups -OCH3 is 1. The zero-order valence-corrected chi connectivity index (χ0v) is 12.4. The van der Waals surface area contributed by atoms with E-state index in [1.807, 2.05) is 0 Å². The van der Waals surface area contributed by atoms with Crippen molar-refractivity contribution in [1.29, 1.82) is 0 Å². The molecule has 1 N–H and O–H groups in total. The number of carbonyl (C=O) groups excluding carboxylic acids is 1. The number of nitrogens with one attached hydrogen (secondary N) is 1. The minimum absolute atomic E-state index is 0.00509. The van der Waals surface area contributed by atoms with Gasteiger partial charge in [-0.2, -0.15) is 0 Å². The molecule has 1 heterocycles. The number of carbonyl (C=O) groups is 1. The van der Waals surface area contributed by atoms with Crippen LogP contribution in [0.5, 0.6) is 5.75 Å². The van der Waals surface area contributed by atoms with Gasteiger partial charge in [0.2, 0.25) is 0 Å². The molecule has 0 unspecified atom stereocenters. The van der Waals surface area contributed by atoms with Crippen LogP contribution in [0, 0.1) is 12.7 Å². The van der Waals surface area contributed by atoms with Crippen LogP contribution >= 0.6 is 11.6 Å². The van der Waals surface area contributed by atoms with Gasteiger partial charge < -0.3 is 10.1 Å². The SMILES string of the molecule is COc1cnc(C)cc1C(=O)NCc1c(F)cccc1Cl. The van der Waals surface area contributed by atoms with Gasteiger partial charge in [0.1, 0.15) is 11.6 Å². The van der Waals surface area contributed by atoms with Crippen molar-refractivity contribution in [2.24, 2.45) is 0 Å². The first-order valence-corrected chi connectivity index (χ1v) is 6.62. The summed E-state index contributed by atoms with van der Waals surface area (Å²) in [6.07, 6.45) is 1.47. The number of ether oxygens (including phenoxy) is 1. The smallest absolute Gasteiger partial charge is 0.255 e. The van der Waals surface area contributed by atoms with Crippen molar-refractivity contribution in [3.8, 4) is 5.75 Å². The first-order valence-electron chi connectivity index (χ1n) is 6.24. The molecule has 0 aliphatic heterocycles. The largest absolute Gasteiger partial charge is 0.494 e. The highest BCUT2D eigenvalue weighted by Gasteiger charge is 2.14. The van der Waals surface area contributed by atoms with Crippen LogP contribution in [0.2, 0.25) is 5.02 Å². The van der Waals surface area contributed by atoms with Crippen LogP contribution in [0.25, 0.3) is 0 Å². The molecule has 1 aromatic heterocycles. The quantitative estimate of drug-likeness (QED) is 0.944. The number of rotatable bonds is 4. The van der Waals surface area contributed by atoms with Gasteiger partial charge in [-0.25, -0.2) is 4.39 Å². The summed E-state index contributed by atoms with van der Waals surface area (Å²) in [7, 11) is 1.46. The van der Waals surface area contributed by atoms with E-state index in [-0.39, 0.29) is 23.0 Å². The molecule has 0 spiro atoms. The average molecular weight is 309 g/mol. The monoisotopic (exact) mass is 308 g/mol. The molecule has 6 heteroatoms. The molecular weight excluding hydrogens is 295 g/mol. The molecule has 0 atom stereocenters. The molecule has 0 fully saturated rings. The van der Waals surface area contributed by atoms with E-state index in [1.165, 1.54) is 25.4 Å². The van der Waals surface area contributed by atoms with Gasteiger partial charge in [-0.3, -0.25) is 9.78 Å². The lowest BCUT2D eigenvalue weighted by atomic mass is 10.1. The van der Waals surface area contributed by atoms with E-state index < -0.39 is 5.82 Å². The van der Waals surface area contributed by atoms with E-state index in [0.717, 1.165) is 0 Å². The molecule has 0 saturated heterocycles. The lowest BCUT2D eigenvalue weighted by Gasteiger charge is -2.11. The molecule has 1 aromatic carbocycles.